The summed E-state index contributed by atoms with van der Waals surface area (Å²) in [4.78, 5) is 29.9. The largest absolute Gasteiger partial charge is 0.392 e. The molecule has 1 aliphatic carbocycles. The van der Waals surface area contributed by atoms with Gasteiger partial charge in [0.25, 0.3) is 11.8 Å². The van der Waals surface area contributed by atoms with Crippen molar-refractivity contribution in [2.45, 2.75) is 69.8 Å². The van der Waals surface area contributed by atoms with Crippen LogP contribution >= 0.6 is 0 Å². The average Bonchev–Trinajstić information content (AvgIpc) is 3.76. The third-order valence-electron chi connectivity index (χ3n) is 9.90. The van der Waals surface area contributed by atoms with E-state index < -0.39 is 6.29 Å². The van der Waals surface area contributed by atoms with Crippen LogP contribution in [-0.4, -0.2) is 52.0 Å². The van der Waals surface area contributed by atoms with E-state index in [0.717, 1.165) is 52.9 Å². The zero-order valence-corrected chi connectivity index (χ0v) is 27.2. The first-order valence-corrected chi connectivity index (χ1v) is 17.0. The van der Waals surface area contributed by atoms with Gasteiger partial charge >= 0.3 is 0 Å². The molecule has 0 aromatic heterocycles. The van der Waals surface area contributed by atoms with E-state index in [0.29, 0.717) is 17.2 Å². The number of fused-ring (bicyclic) bond motifs is 1. The van der Waals surface area contributed by atoms with E-state index in [9.17, 15) is 14.7 Å². The first kappa shape index (κ1) is 32.2. The molecule has 4 aromatic carbocycles. The number of nitrogens with zero attached hydrogens (tertiary/aromatic N) is 2. The molecule has 3 aliphatic rings. The van der Waals surface area contributed by atoms with Gasteiger partial charge in [-0.15, -0.1) is 6.58 Å². The van der Waals surface area contributed by atoms with Crippen molar-refractivity contribution >= 4 is 11.8 Å². The van der Waals surface area contributed by atoms with Crippen molar-refractivity contribution in [3.63, 3.8) is 0 Å². The second kappa shape index (κ2) is 14.4. The number of carbonyl (C=O) groups is 2. The van der Waals surface area contributed by atoms with Crippen LogP contribution in [0.3, 0.4) is 0 Å². The molecule has 246 valence electrons. The van der Waals surface area contributed by atoms with Gasteiger partial charge in [-0.05, 0) is 64.9 Å². The Bertz CT molecular complexity index is 1740. The lowest BCUT2D eigenvalue weighted by Gasteiger charge is -2.39. The van der Waals surface area contributed by atoms with Crippen molar-refractivity contribution in [1.29, 1.82) is 0 Å². The summed E-state index contributed by atoms with van der Waals surface area (Å²) in [6, 6.07) is 31.7. The van der Waals surface area contributed by atoms with Gasteiger partial charge in [-0.1, -0.05) is 91.7 Å². The molecule has 0 bridgehead atoms. The number of aliphatic hydroxyl groups excluding tert-OH is 1. The summed E-state index contributed by atoms with van der Waals surface area (Å²) < 4.78 is 13.4. The fourth-order valence-electron chi connectivity index (χ4n) is 7.38. The molecule has 2 amide bonds. The lowest BCUT2D eigenvalue weighted by Crippen LogP contribution is -2.43. The number of ether oxygens (including phenoxy) is 2. The molecule has 1 saturated carbocycles. The minimum Gasteiger partial charge on any atom is -0.392 e. The molecule has 0 radical (unpaired) electrons. The Kier molecular flexibility index (Phi) is 9.64. The van der Waals surface area contributed by atoms with Crippen molar-refractivity contribution < 1.29 is 24.2 Å². The second-order valence-electron chi connectivity index (χ2n) is 13.1. The lowest BCUT2D eigenvalue weighted by atomic mass is 9.98. The van der Waals surface area contributed by atoms with Gasteiger partial charge in [0.15, 0.2) is 6.29 Å². The van der Waals surface area contributed by atoms with Gasteiger partial charge in [-0.2, -0.15) is 0 Å². The second-order valence-corrected chi connectivity index (χ2v) is 13.1. The van der Waals surface area contributed by atoms with Crippen LogP contribution in [0.1, 0.15) is 87.5 Å². The number of hydrogen-bond acceptors (Lipinski definition) is 6. The molecule has 7 heteroatoms. The molecule has 0 spiro atoms. The summed E-state index contributed by atoms with van der Waals surface area (Å²) in [5.74, 6) is -0.520. The highest BCUT2D eigenvalue weighted by Crippen LogP contribution is 2.40. The van der Waals surface area contributed by atoms with Crippen LogP contribution in [-0.2, 0) is 22.6 Å². The summed E-state index contributed by atoms with van der Waals surface area (Å²) in [7, 11) is 0. The number of imide groups is 1. The quantitative estimate of drug-likeness (QED) is 0.134. The molecule has 7 rings (SSSR count). The Morgan fingerprint density at radius 1 is 0.792 bits per heavy atom. The Hall–Kier alpha value is -4.40. The number of carbonyl (C=O) groups excluding carboxylic acids is 2. The molecular formula is C41H42N2O5. The van der Waals surface area contributed by atoms with E-state index >= 15 is 0 Å². The minimum atomic E-state index is -0.568. The average molecular weight is 643 g/mol. The molecule has 1 N–H and O–H groups in total. The highest BCUT2D eigenvalue weighted by Gasteiger charge is 2.36. The Balaban J connectivity index is 1.13. The smallest absolute Gasteiger partial charge is 0.261 e. The monoisotopic (exact) mass is 642 g/mol. The molecule has 2 fully saturated rings. The third kappa shape index (κ3) is 6.78. The van der Waals surface area contributed by atoms with Crippen LogP contribution in [0.4, 0.5) is 0 Å². The molecule has 2 aliphatic heterocycles. The SMILES string of the molecule is C=CCN(C[C@@H]1C[C@H](c2ccc(CO)cc2)O[C@H](c2cccc(-c3cccc(CN4C(=O)c5ccccc5C4=O)c3)c2)O1)C1CCCC1. The van der Waals surface area contributed by atoms with Gasteiger partial charge in [0.1, 0.15) is 0 Å². The van der Waals surface area contributed by atoms with Crippen molar-refractivity contribution in [2.24, 2.45) is 0 Å². The normalized spacial score (nSPS) is 21.2. The molecule has 48 heavy (non-hydrogen) atoms. The van der Waals surface area contributed by atoms with Crippen molar-refractivity contribution in [3.05, 3.63) is 143 Å². The predicted molar refractivity (Wildman–Crippen MR) is 185 cm³/mol. The maximum absolute atomic E-state index is 13.0. The summed E-state index contributed by atoms with van der Waals surface area (Å²) in [6.45, 7) is 5.88. The van der Waals surface area contributed by atoms with Crippen molar-refractivity contribution in [1.82, 2.24) is 9.80 Å². The number of hydrogen-bond donors (Lipinski definition) is 1. The molecule has 1 saturated heterocycles. The van der Waals surface area contributed by atoms with Crippen LogP contribution in [0.25, 0.3) is 11.1 Å². The Morgan fingerprint density at radius 3 is 2.17 bits per heavy atom. The van der Waals surface area contributed by atoms with E-state index in [1.54, 1.807) is 24.3 Å². The van der Waals surface area contributed by atoms with Gasteiger partial charge in [-0.25, -0.2) is 0 Å². The molecule has 4 aromatic rings. The van der Waals surface area contributed by atoms with Gasteiger partial charge < -0.3 is 14.6 Å². The number of benzene rings is 4. The molecule has 2 heterocycles. The van der Waals surface area contributed by atoms with E-state index in [1.807, 2.05) is 66.7 Å². The third-order valence-corrected chi connectivity index (χ3v) is 9.90. The van der Waals surface area contributed by atoms with Crippen LogP contribution in [0, 0.1) is 0 Å². The van der Waals surface area contributed by atoms with Crippen LogP contribution in [0.5, 0.6) is 0 Å². The molecule has 7 nitrogen and oxygen atoms in total. The van der Waals surface area contributed by atoms with Gasteiger partial charge in [-0.3, -0.25) is 19.4 Å². The van der Waals surface area contributed by atoms with Crippen molar-refractivity contribution in [2.75, 3.05) is 13.1 Å². The maximum atomic E-state index is 13.0. The van der Waals surface area contributed by atoms with Crippen LogP contribution in [0.15, 0.2) is 110 Å². The highest BCUT2D eigenvalue weighted by molar-refractivity contribution is 6.21. The molecular weight excluding hydrogens is 600 g/mol. The van der Waals surface area contributed by atoms with E-state index in [2.05, 4.69) is 23.6 Å². The fourth-order valence-corrected chi connectivity index (χ4v) is 7.38. The lowest BCUT2D eigenvalue weighted by molar-refractivity contribution is -0.253. The molecule has 3 atom stereocenters. The topological polar surface area (TPSA) is 79.3 Å². The van der Waals surface area contributed by atoms with Gasteiger partial charge in [0.2, 0.25) is 0 Å². The molecule has 0 unspecified atom stereocenters. The van der Waals surface area contributed by atoms with E-state index in [-0.39, 0.29) is 37.2 Å². The first-order chi connectivity index (χ1) is 23.5. The Labute approximate surface area is 282 Å². The predicted octanol–water partition coefficient (Wildman–Crippen LogP) is 7.62. The number of amides is 2. The zero-order chi connectivity index (χ0) is 33.0. The minimum absolute atomic E-state index is 0.00432. The zero-order valence-electron chi connectivity index (χ0n) is 27.2. The fraction of sp³-hybridized carbons (Fsp3) is 0.317. The number of aliphatic hydroxyl groups is 1. The number of rotatable bonds is 11. The first-order valence-electron chi connectivity index (χ1n) is 17.0. The van der Waals surface area contributed by atoms with Crippen LogP contribution < -0.4 is 0 Å². The highest BCUT2D eigenvalue weighted by atomic mass is 16.7. The summed E-state index contributed by atoms with van der Waals surface area (Å²) in [5, 5.41) is 9.60. The van der Waals surface area contributed by atoms with Gasteiger partial charge in [0.05, 0.1) is 36.5 Å². The standard InChI is InChI=1S/C41H42N2O5/c1-2-21-42(34-13-3-4-14-34)26-35-24-38(30-19-17-28(27-44)18-20-30)48-41(47-35)33-12-8-11-32(23-33)31-10-7-9-29(22-31)25-43-39(45)36-15-5-6-16-37(36)40(43)46/h2,5-12,15-20,22-23,34-35,38,41,44H,1,3-4,13-14,21,24-27H2/t35-,38+,41+/m0/s1. The summed E-state index contributed by atoms with van der Waals surface area (Å²) in [5.41, 5.74) is 6.62. The van der Waals surface area contributed by atoms with Crippen molar-refractivity contribution in [3.8, 4) is 11.1 Å². The van der Waals surface area contributed by atoms with E-state index in [4.69, 9.17) is 9.47 Å². The summed E-state index contributed by atoms with van der Waals surface area (Å²) in [6.07, 6.45) is 6.90. The summed E-state index contributed by atoms with van der Waals surface area (Å²) >= 11 is 0. The van der Waals surface area contributed by atoms with Crippen LogP contribution in [0.2, 0.25) is 0 Å². The maximum Gasteiger partial charge on any atom is 0.261 e. The van der Waals surface area contributed by atoms with Gasteiger partial charge in [0, 0.05) is 31.1 Å². The van der Waals surface area contributed by atoms with E-state index in [1.165, 1.54) is 30.6 Å². The Morgan fingerprint density at radius 2 is 1.48 bits per heavy atom.